The highest BCUT2D eigenvalue weighted by atomic mass is 127. The lowest BCUT2D eigenvalue weighted by molar-refractivity contribution is 0.486. The lowest BCUT2D eigenvalue weighted by Gasteiger charge is -2.21. The van der Waals surface area contributed by atoms with Crippen LogP contribution in [0.15, 0.2) is 65.2 Å². The molecule has 0 fully saturated rings. The van der Waals surface area contributed by atoms with Crippen LogP contribution in [0.2, 0.25) is 0 Å². The molecule has 1 aromatic carbocycles. The summed E-state index contributed by atoms with van der Waals surface area (Å²) in [5.41, 5.74) is 2.18. The largest absolute Gasteiger partial charge is 0.352 e. The Hall–Kier alpha value is -1.87. The molecule has 2 heterocycles. The van der Waals surface area contributed by atoms with Crippen LogP contribution in [0, 0.1) is 0 Å². The topological polar surface area (TPSA) is 45.5 Å². The second kappa shape index (κ2) is 10.3. The minimum absolute atomic E-state index is 0. The first kappa shape index (κ1) is 20.4. The fourth-order valence-corrected chi connectivity index (χ4v) is 3.28. The molecule has 0 aliphatic carbocycles. The Labute approximate surface area is 175 Å². The molecule has 0 radical (unpaired) electrons. The molecule has 1 N–H and O–H groups in total. The van der Waals surface area contributed by atoms with Crippen molar-refractivity contribution >= 4 is 41.3 Å². The summed E-state index contributed by atoms with van der Waals surface area (Å²) in [5, 5.41) is 9.95. The van der Waals surface area contributed by atoms with Gasteiger partial charge in [-0.15, -0.1) is 35.3 Å². The van der Waals surface area contributed by atoms with Crippen molar-refractivity contribution < 1.29 is 0 Å². The van der Waals surface area contributed by atoms with Crippen molar-refractivity contribution in [2.24, 2.45) is 4.99 Å². The van der Waals surface area contributed by atoms with Crippen LogP contribution in [-0.4, -0.2) is 41.3 Å². The maximum atomic E-state index is 4.43. The van der Waals surface area contributed by atoms with Crippen LogP contribution in [0.1, 0.15) is 10.4 Å². The Bertz CT molecular complexity index is 798. The van der Waals surface area contributed by atoms with Crippen LogP contribution in [0.5, 0.6) is 0 Å². The maximum absolute atomic E-state index is 4.43. The highest BCUT2D eigenvalue weighted by Gasteiger charge is 2.07. The van der Waals surface area contributed by atoms with Gasteiger partial charge in [0.2, 0.25) is 0 Å². The Kier molecular flexibility index (Phi) is 8.11. The number of halogens is 1. The summed E-state index contributed by atoms with van der Waals surface area (Å²) in [5.74, 6) is 0.893. The number of hydrogen-bond donors (Lipinski definition) is 1. The van der Waals surface area contributed by atoms with Crippen molar-refractivity contribution in [2.75, 3.05) is 20.6 Å². The van der Waals surface area contributed by atoms with Crippen LogP contribution in [0.3, 0.4) is 0 Å². The van der Waals surface area contributed by atoms with E-state index in [1.807, 2.05) is 54.5 Å². The number of benzene rings is 1. The molecular weight excluding hydrogens is 457 g/mol. The SMILES string of the molecule is CN=C(NCc1cnn(-c2ccccc2)c1)N(C)CCc1cccs1.I. The number of thiophene rings is 1. The van der Waals surface area contributed by atoms with E-state index in [-0.39, 0.29) is 24.0 Å². The van der Waals surface area contributed by atoms with Gasteiger partial charge in [-0.3, -0.25) is 4.99 Å². The molecule has 0 saturated carbocycles. The van der Waals surface area contributed by atoms with Crippen molar-refractivity contribution in [1.29, 1.82) is 0 Å². The third-order valence-electron chi connectivity index (χ3n) is 3.95. The molecule has 0 unspecified atom stereocenters. The van der Waals surface area contributed by atoms with Gasteiger partial charge >= 0.3 is 0 Å². The zero-order valence-corrected chi connectivity index (χ0v) is 18.1. The first-order chi connectivity index (χ1) is 12.3. The van der Waals surface area contributed by atoms with Crippen LogP contribution in [-0.2, 0) is 13.0 Å². The summed E-state index contributed by atoms with van der Waals surface area (Å²) in [6.45, 7) is 1.63. The normalized spacial score (nSPS) is 11.1. The molecule has 2 aromatic heterocycles. The van der Waals surface area contributed by atoms with Gasteiger partial charge in [0.25, 0.3) is 0 Å². The third-order valence-corrected chi connectivity index (χ3v) is 4.89. The second-order valence-corrected chi connectivity index (χ2v) is 6.81. The Morgan fingerprint density at radius 1 is 1.23 bits per heavy atom. The summed E-state index contributed by atoms with van der Waals surface area (Å²) in [4.78, 5) is 7.92. The molecule has 7 heteroatoms. The summed E-state index contributed by atoms with van der Waals surface area (Å²) in [6.07, 6.45) is 4.96. The molecule has 3 rings (SSSR count). The lowest BCUT2D eigenvalue weighted by Crippen LogP contribution is -2.39. The standard InChI is InChI=1S/C19H23N5S.HI/c1-20-19(23(2)11-10-18-9-6-12-25-18)21-13-16-14-22-24(15-16)17-7-4-3-5-8-17;/h3-9,12,14-15H,10-11,13H2,1-2H3,(H,20,21);1H. The van der Waals surface area contributed by atoms with E-state index < -0.39 is 0 Å². The number of likely N-dealkylation sites (N-methyl/N-ethyl adjacent to an activating group) is 1. The minimum Gasteiger partial charge on any atom is -0.352 e. The monoisotopic (exact) mass is 481 g/mol. The maximum Gasteiger partial charge on any atom is 0.193 e. The number of para-hydroxylation sites is 1. The van der Waals surface area contributed by atoms with Gasteiger partial charge in [0.05, 0.1) is 11.9 Å². The molecule has 0 aliphatic heterocycles. The number of aliphatic imine (C=N–C) groups is 1. The molecule has 138 valence electrons. The van der Waals surface area contributed by atoms with Gasteiger partial charge in [-0.05, 0) is 30.0 Å². The summed E-state index contributed by atoms with van der Waals surface area (Å²) >= 11 is 1.80. The third kappa shape index (κ3) is 5.57. The average Bonchev–Trinajstić information content (AvgIpc) is 3.33. The van der Waals surface area contributed by atoms with Crippen molar-refractivity contribution in [2.45, 2.75) is 13.0 Å². The minimum atomic E-state index is 0. The van der Waals surface area contributed by atoms with Gasteiger partial charge in [0.15, 0.2) is 5.96 Å². The van der Waals surface area contributed by atoms with E-state index in [9.17, 15) is 0 Å². The van der Waals surface area contributed by atoms with Crippen molar-refractivity contribution in [3.63, 3.8) is 0 Å². The van der Waals surface area contributed by atoms with Gasteiger partial charge in [-0.25, -0.2) is 4.68 Å². The van der Waals surface area contributed by atoms with E-state index in [2.05, 4.69) is 44.9 Å². The molecule has 0 atom stereocenters. The van der Waals surface area contributed by atoms with Gasteiger partial charge in [0.1, 0.15) is 0 Å². The van der Waals surface area contributed by atoms with E-state index in [1.165, 1.54) is 4.88 Å². The first-order valence-corrected chi connectivity index (χ1v) is 9.17. The van der Waals surface area contributed by atoms with Crippen molar-refractivity contribution in [1.82, 2.24) is 20.0 Å². The number of rotatable bonds is 6. The van der Waals surface area contributed by atoms with Crippen molar-refractivity contribution in [3.8, 4) is 5.69 Å². The zero-order chi connectivity index (χ0) is 17.5. The van der Waals surface area contributed by atoms with Crippen LogP contribution in [0.4, 0.5) is 0 Å². The summed E-state index contributed by atoms with van der Waals surface area (Å²) in [7, 11) is 3.88. The number of guanidine groups is 1. The second-order valence-electron chi connectivity index (χ2n) is 5.78. The molecule has 0 aliphatic rings. The van der Waals surface area contributed by atoms with E-state index in [0.717, 1.165) is 30.2 Å². The molecular formula is C19H24IN5S. The number of aromatic nitrogens is 2. The van der Waals surface area contributed by atoms with Gasteiger partial charge in [-0.1, -0.05) is 24.3 Å². The highest BCUT2D eigenvalue weighted by molar-refractivity contribution is 14.0. The van der Waals surface area contributed by atoms with Crippen LogP contribution in [0.25, 0.3) is 5.69 Å². The zero-order valence-electron chi connectivity index (χ0n) is 15.0. The Morgan fingerprint density at radius 2 is 2.04 bits per heavy atom. The van der Waals surface area contributed by atoms with Gasteiger partial charge < -0.3 is 10.2 Å². The smallest absolute Gasteiger partial charge is 0.193 e. The lowest BCUT2D eigenvalue weighted by atomic mass is 10.3. The first-order valence-electron chi connectivity index (χ1n) is 8.29. The van der Waals surface area contributed by atoms with Gasteiger partial charge in [0, 0.05) is 43.8 Å². The fourth-order valence-electron chi connectivity index (χ4n) is 2.58. The van der Waals surface area contributed by atoms with Crippen LogP contribution >= 0.6 is 35.3 Å². The average molecular weight is 481 g/mol. The molecule has 5 nitrogen and oxygen atoms in total. The quantitative estimate of drug-likeness (QED) is 0.331. The molecule has 0 bridgehead atoms. The fraction of sp³-hybridized carbons (Fsp3) is 0.263. The molecule has 0 saturated heterocycles. The van der Waals surface area contributed by atoms with E-state index in [1.54, 1.807) is 11.3 Å². The predicted octanol–water partition coefficient (Wildman–Crippen LogP) is 3.80. The highest BCUT2D eigenvalue weighted by Crippen LogP contribution is 2.10. The van der Waals surface area contributed by atoms with Crippen LogP contribution < -0.4 is 5.32 Å². The molecule has 3 aromatic rings. The van der Waals surface area contributed by atoms with Crippen molar-refractivity contribution in [3.05, 3.63) is 70.7 Å². The number of nitrogens with zero attached hydrogens (tertiary/aromatic N) is 4. The predicted molar refractivity (Wildman–Crippen MR) is 120 cm³/mol. The van der Waals surface area contributed by atoms with E-state index in [4.69, 9.17) is 0 Å². The molecule has 0 spiro atoms. The molecule has 26 heavy (non-hydrogen) atoms. The molecule has 0 amide bonds. The van der Waals surface area contributed by atoms with E-state index >= 15 is 0 Å². The Morgan fingerprint density at radius 3 is 2.73 bits per heavy atom. The summed E-state index contributed by atoms with van der Waals surface area (Å²) < 4.78 is 1.89. The van der Waals surface area contributed by atoms with Gasteiger partial charge in [-0.2, -0.15) is 5.10 Å². The summed E-state index contributed by atoms with van der Waals surface area (Å²) in [6, 6.07) is 14.4. The Balaban J connectivity index is 0.00000243. The van der Waals surface area contributed by atoms with E-state index in [0.29, 0.717) is 6.54 Å². The number of hydrogen-bond acceptors (Lipinski definition) is 3. The number of nitrogens with one attached hydrogen (secondary N) is 1.